The third kappa shape index (κ3) is 3.37. The Hall–Kier alpha value is -2.55. The summed E-state index contributed by atoms with van der Waals surface area (Å²) >= 11 is 0. The molecule has 0 fully saturated rings. The molecule has 22 heavy (non-hydrogen) atoms. The van der Waals surface area contributed by atoms with Gasteiger partial charge in [0.05, 0.1) is 11.2 Å². The molecule has 0 saturated heterocycles. The number of pyridine rings is 1. The lowest BCUT2D eigenvalue weighted by Gasteiger charge is -2.16. The minimum atomic E-state index is 0.316. The number of rotatable bonds is 5. The molecule has 2 N–H and O–H groups in total. The van der Waals surface area contributed by atoms with Crippen LogP contribution in [-0.2, 0) is 6.42 Å². The lowest BCUT2D eigenvalue weighted by atomic mass is 10.1. The molecule has 3 aromatic rings. The van der Waals surface area contributed by atoms with Crippen molar-refractivity contribution in [3.63, 3.8) is 0 Å². The van der Waals surface area contributed by atoms with Gasteiger partial charge in [-0.05, 0) is 49.6 Å². The van der Waals surface area contributed by atoms with E-state index in [1.807, 2.05) is 24.4 Å². The molecule has 0 saturated carbocycles. The Balaban J connectivity index is 1.65. The highest BCUT2D eigenvalue weighted by Gasteiger charge is 2.06. The van der Waals surface area contributed by atoms with Crippen molar-refractivity contribution in [2.75, 3.05) is 5.32 Å². The van der Waals surface area contributed by atoms with Crippen molar-refractivity contribution < 1.29 is 5.11 Å². The van der Waals surface area contributed by atoms with Gasteiger partial charge in [-0.25, -0.2) is 0 Å². The van der Waals surface area contributed by atoms with E-state index in [0.29, 0.717) is 11.8 Å². The van der Waals surface area contributed by atoms with Crippen molar-refractivity contribution in [1.82, 2.24) is 4.98 Å². The molecule has 0 aliphatic rings. The van der Waals surface area contributed by atoms with E-state index in [4.69, 9.17) is 0 Å². The molecule has 0 radical (unpaired) electrons. The zero-order chi connectivity index (χ0) is 15.4. The van der Waals surface area contributed by atoms with Crippen molar-refractivity contribution in [3.05, 3.63) is 66.4 Å². The molecule has 0 aliphatic heterocycles. The summed E-state index contributed by atoms with van der Waals surface area (Å²) in [6.45, 7) is 2.18. The molecule has 0 aliphatic carbocycles. The Bertz CT molecular complexity index is 747. The number of anilines is 1. The fraction of sp³-hybridized carbons (Fsp3) is 0.211. The molecule has 0 spiro atoms. The molecule has 1 heterocycles. The summed E-state index contributed by atoms with van der Waals surface area (Å²) in [4.78, 5) is 4.47. The van der Waals surface area contributed by atoms with Crippen molar-refractivity contribution in [2.24, 2.45) is 0 Å². The molecule has 1 atom stereocenters. The second kappa shape index (κ2) is 6.48. The minimum absolute atomic E-state index is 0.316. The Morgan fingerprint density at radius 1 is 1.05 bits per heavy atom. The van der Waals surface area contributed by atoms with E-state index >= 15 is 0 Å². The summed E-state index contributed by atoms with van der Waals surface area (Å²) in [6.07, 6.45) is 3.83. The van der Waals surface area contributed by atoms with Crippen molar-refractivity contribution in [1.29, 1.82) is 0 Å². The summed E-state index contributed by atoms with van der Waals surface area (Å²) in [5, 5.41) is 14.0. The fourth-order valence-electron chi connectivity index (χ4n) is 2.60. The molecule has 2 aromatic carbocycles. The van der Waals surface area contributed by atoms with Gasteiger partial charge in [-0.3, -0.25) is 4.98 Å². The third-order valence-electron chi connectivity index (χ3n) is 3.84. The SMILES string of the molecule is CC(CCc1ccc(O)cc1)Nc1cccc2cccnc12. The first-order valence-electron chi connectivity index (χ1n) is 7.60. The smallest absolute Gasteiger partial charge is 0.115 e. The van der Waals surface area contributed by atoms with Crippen LogP contribution in [0, 0.1) is 0 Å². The number of nitrogens with one attached hydrogen (secondary N) is 1. The standard InChI is InChI=1S/C19H20N2O/c1-14(7-8-15-9-11-17(22)12-10-15)21-18-6-2-4-16-5-3-13-20-19(16)18/h2-6,9-14,21-22H,7-8H2,1H3. The van der Waals surface area contributed by atoms with Gasteiger partial charge in [0.25, 0.3) is 0 Å². The van der Waals surface area contributed by atoms with Crippen LogP contribution < -0.4 is 5.32 Å². The highest BCUT2D eigenvalue weighted by Crippen LogP contribution is 2.22. The number of aryl methyl sites for hydroxylation is 1. The van der Waals surface area contributed by atoms with E-state index in [1.54, 1.807) is 12.1 Å². The van der Waals surface area contributed by atoms with Gasteiger partial charge in [0.1, 0.15) is 5.75 Å². The van der Waals surface area contributed by atoms with Gasteiger partial charge in [0, 0.05) is 17.6 Å². The summed E-state index contributed by atoms with van der Waals surface area (Å²) in [7, 11) is 0. The average Bonchev–Trinajstić information content (AvgIpc) is 2.55. The molecule has 112 valence electrons. The number of nitrogens with zero attached hydrogens (tertiary/aromatic N) is 1. The molecule has 3 nitrogen and oxygen atoms in total. The number of phenolic OH excluding ortho intramolecular Hbond substituents is 1. The molecule has 0 bridgehead atoms. The highest BCUT2D eigenvalue weighted by atomic mass is 16.3. The predicted octanol–water partition coefficient (Wildman–Crippen LogP) is 4.37. The van der Waals surface area contributed by atoms with E-state index < -0.39 is 0 Å². The van der Waals surface area contributed by atoms with Gasteiger partial charge in [-0.1, -0.05) is 30.3 Å². The molecular weight excluding hydrogens is 272 g/mol. The number of hydrogen-bond acceptors (Lipinski definition) is 3. The van der Waals surface area contributed by atoms with Gasteiger partial charge in [-0.2, -0.15) is 0 Å². The van der Waals surface area contributed by atoms with E-state index in [1.165, 1.54) is 5.56 Å². The normalized spacial score (nSPS) is 12.2. The molecule has 3 rings (SSSR count). The van der Waals surface area contributed by atoms with E-state index in [0.717, 1.165) is 29.4 Å². The van der Waals surface area contributed by atoms with Crippen LogP contribution in [0.5, 0.6) is 5.75 Å². The van der Waals surface area contributed by atoms with Crippen molar-refractivity contribution in [3.8, 4) is 5.75 Å². The van der Waals surface area contributed by atoms with Crippen LogP contribution >= 0.6 is 0 Å². The number of phenols is 1. The maximum Gasteiger partial charge on any atom is 0.115 e. The van der Waals surface area contributed by atoms with E-state index in [-0.39, 0.29) is 0 Å². The van der Waals surface area contributed by atoms with Crippen LogP contribution in [0.3, 0.4) is 0 Å². The molecule has 1 unspecified atom stereocenters. The number of para-hydroxylation sites is 1. The monoisotopic (exact) mass is 292 g/mol. The van der Waals surface area contributed by atoms with Crippen LogP contribution in [-0.4, -0.2) is 16.1 Å². The van der Waals surface area contributed by atoms with Gasteiger partial charge in [-0.15, -0.1) is 0 Å². The fourth-order valence-corrected chi connectivity index (χ4v) is 2.60. The lowest BCUT2D eigenvalue weighted by Crippen LogP contribution is -2.16. The highest BCUT2D eigenvalue weighted by molar-refractivity contribution is 5.90. The lowest BCUT2D eigenvalue weighted by molar-refractivity contribution is 0.475. The first-order valence-corrected chi connectivity index (χ1v) is 7.60. The first-order chi connectivity index (χ1) is 10.7. The second-order valence-electron chi connectivity index (χ2n) is 5.63. The van der Waals surface area contributed by atoms with Gasteiger partial charge >= 0.3 is 0 Å². The van der Waals surface area contributed by atoms with Crippen LogP contribution in [0.2, 0.25) is 0 Å². The van der Waals surface area contributed by atoms with Crippen LogP contribution in [0.15, 0.2) is 60.8 Å². The number of hydrogen-bond donors (Lipinski definition) is 2. The second-order valence-corrected chi connectivity index (χ2v) is 5.63. The van der Waals surface area contributed by atoms with Crippen LogP contribution in [0.4, 0.5) is 5.69 Å². The summed E-state index contributed by atoms with van der Waals surface area (Å²) < 4.78 is 0. The van der Waals surface area contributed by atoms with Crippen LogP contribution in [0.25, 0.3) is 10.9 Å². The van der Waals surface area contributed by atoms with Gasteiger partial charge in [0.2, 0.25) is 0 Å². The zero-order valence-corrected chi connectivity index (χ0v) is 12.7. The molecular formula is C19H20N2O. The number of benzene rings is 2. The largest absolute Gasteiger partial charge is 0.508 e. The van der Waals surface area contributed by atoms with Crippen molar-refractivity contribution in [2.45, 2.75) is 25.8 Å². The summed E-state index contributed by atoms with van der Waals surface area (Å²) in [6, 6.07) is 18.0. The third-order valence-corrected chi connectivity index (χ3v) is 3.84. The Morgan fingerprint density at radius 2 is 1.82 bits per heavy atom. The Kier molecular flexibility index (Phi) is 4.24. The maximum atomic E-state index is 9.31. The van der Waals surface area contributed by atoms with Crippen LogP contribution in [0.1, 0.15) is 18.9 Å². The first kappa shape index (κ1) is 14.4. The van der Waals surface area contributed by atoms with E-state index in [9.17, 15) is 5.11 Å². The molecule has 3 heteroatoms. The quantitative estimate of drug-likeness (QED) is 0.734. The van der Waals surface area contributed by atoms with Crippen molar-refractivity contribution >= 4 is 16.6 Å². The Labute approximate surface area is 130 Å². The van der Waals surface area contributed by atoms with Gasteiger partial charge in [0.15, 0.2) is 0 Å². The topological polar surface area (TPSA) is 45.1 Å². The average molecular weight is 292 g/mol. The van der Waals surface area contributed by atoms with Gasteiger partial charge < -0.3 is 10.4 Å². The zero-order valence-electron chi connectivity index (χ0n) is 12.7. The summed E-state index contributed by atoms with van der Waals surface area (Å²) in [5.74, 6) is 0.316. The summed E-state index contributed by atoms with van der Waals surface area (Å²) in [5.41, 5.74) is 3.33. The molecule has 1 aromatic heterocycles. The predicted molar refractivity (Wildman–Crippen MR) is 91.3 cm³/mol. The number of fused-ring (bicyclic) bond motifs is 1. The number of aromatic hydroxyl groups is 1. The van der Waals surface area contributed by atoms with E-state index in [2.05, 4.69) is 41.5 Å². The minimum Gasteiger partial charge on any atom is -0.508 e. The maximum absolute atomic E-state index is 9.31. The molecule has 0 amide bonds. The number of aromatic nitrogens is 1. The Morgan fingerprint density at radius 3 is 2.64 bits per heavy atom.